The van der Waals surface area contributed by atoms with E-state index < -0.39 is 14.0 Å². The van der Waals surface area contributed by atoms with Crippen LogP contribution < -0.4 is 24.6 Å². The molecule has 9 nitrogen and oxygen atoms in total. The average molecular weight is 961 g/mol. The molecule has 0 amide bonds. The van der Waals surface area contributed by atoms with Gasteiger partial charge < -0.3 is 24.6 Å². The molecule has 0 atom stereocenters. The molecule has 0 aliphatic carbocycles. The minimum absolute atomic E-state index is 0. The average Bonchev–Trinajstić information content (AvgIpc) is 3.97. The zero-order valence-electron chi connectivity index (χ0n) is 39.5. The minimum atomic E-state index is -2.44. The molecule has 2 aliphatic rings. The molecule has 2 aliphatic heterocycles. The molecule has 0 saturated carbocycles. The Labute approximate surface area is 370 Å². The molecule has 296 valence electrons. The van der Waals surface area contributed by atoms with Gasteiger partial charge in [-0.15, -0.1) is 46.2 Å². The van der Waals surface area contributed by atoms with E-state index in [2.05, 4.69) is 86.8 Å². The Morgan fingerprint density at radius 2 is 1.14 bits per heavy atom. The molecule has 7 aromatic rings. The van der Waals surface area contributed by atoms with Crippen LogP contribution in [0, 0.1) is 42.1 Å². The number of hydrogen-bond acceptors (Lipinski definition) is 8. The van der Waals surface area contributed by atoms with E-state index in [9.17, 15) is 0 Å². The van der Waals surface area contributed by atoms with E-state index in [1.807, 2.05) is 36.4 Å². The fraction of sp³-hybridized carbons (Fsp3) is 0.224. The standard InChI is InChI=1S/C35H39N6.C14H6N3.Pt/c1-22(2)25-17-29(23(3)4)33(30(18-25)24(5)6)26-15-27(40-20-38(7)31-11-9-13-36-34(31)40)19-28(16-26)41-21-39(8)32-12-10-14-37-35(32)41;15-7-9-1-3-13-11(5-9)12-6-10(8-16)2-4-14(12)17-13;/h9-18,20-24H,1-8H3;1-6H;/q-3;-1;+4/i7D3,8D3;;. The van der Waals surface area contributed by atoms with Crippen LogP contribution in [0.1, 0.15) is 95.3 Å². The molecule has 0 N–H and O–H groups in total. The van der Waals surface area contributed by atoms with Crippen LogP contribution in [0.3, 0.4) is 0 Å². The van der Waals surface area contributed by atoms with Crippen molar-refractivity contribution in [3.63, 3.8) is 0 Å². The molecule has 9 rings (SSSR count). The maximum atomic E-state index is 8.88. The van der Waals surface area contributed by atoms with Crippen LogP contribution in [0.25, 0.3) is 32.9 Å². The fourth-order valence-corrected chi connectivity index (χ4v) is 7.54. The van der Waals surface area contributed by atoms with Gasteiger partial charge in [0.15, 0.2) is 0 Å². The Bertz CT molecular complexity index is 2810. The molecule has 0 saturated heterocycles. The third kappa shape index (κ3) is 7.64. The number of nitriles is 2. The number of pyridine rings is 2. The van der Waals surface area contributed by atoms with Gasteiger partial charge in [0.1, 0.15) is 11.6 Å². The predicted molar refractivity (Wildman–Crippen MR) is 235 cm³/mol. The maximum absolute atomic E-state index is 8.88. The number of anilines is 6. The topological polar surface area (TPSA) is 100 Å². The van der Waals surface area contributed by atoms with Gasteiger partial charge in [-0.05, 0) is 113 Å². The van der Waals surface area contributed by atoms with Gasteiger partial charge in [-0.1, -0.05) is 65.8 Å². The number of rotatable bonds is 6. The van der Waals surface area contributed by atoms with Crippen molar-refractivity contribution in [3.8, 4) is 23.3 Å². The molecular weight excluding hydrogens is 910 g/mol. The Kier molecular flexibility index (Phi) is 9.51. The van der Waals surface area contributed by atoms with Crippen molar-refractivity contribution in [2.24, 2.45) is 0 Å². The van der Waals surface area contributed by atoms with Crippen molar-refractivity contribution in [2.45, 2.75) is 59.3 Å². The molecular formula is C49H45N9Pt. The fourth-order valence-electron chi connectivity index (χ4n) is 7.54. The van der Waals surface area contributed by atoms with Gasteiger partial charge in [0.05, 0.1) is 23.3 Å². The van der Waals surface area contributed by atoms with E-state index in [1.165, 1.54) is 39.8 Å². The summed E-state index contributed by atoms with van der Waals surface area (Å²) in [6.07, 6.45) is 3.27. The first kappa shape index (κ1) is 33.8. The summed E-state index contributed by atoms with van der Waals surface area (Å²) in [7, 11) is 0. The maximum Gasteiger partial charge on any atom is 4.00 e. The molecule has 5 heterocycles. The summed E-state index contributed by atoms with van der Waals surface area (Å²) in [5.41, 5.74) is 10.6. The second-order valence-corrected chi connectivity index (χ2v) is 15.4. The summed E-state index contributed by atoms with van der Waals surface area (Å²) >= 11 is 0. The first-order valence-electron chi connectivity index (χ1n) is 22.2. The van der Waals surface area contributed by atoms with Gasteiger partial charge in [-0.2, -0.15) is 23.9 Å². The molecule has 0 fully saturated rings. The van der Waals surface area contributed by atoms with Crippen molar-refractivity contribution in [1.29, 1.82) is 10.5 Å². The Morgan fingerprint density at radius 3 is 1.54 bits per heavy atom. The molecule has 0 radical (unpaired) electrons. The zero-order valence-corrected chi connectivity index (χ0v) is 35.7. The van der Waals surface area contributed by atoms with Crippen LogP contribution in [-0.4, -0.2) is 23.9 Å². The monoisotopic (exact) mass is 960 g/mol. The van der Waals surface area contributed by atoms with Crippen LogP contribution in [0.5, 0.6) is 0 Å². The third-order valence-corrected chi connectivity index (χ3v) is 10.5. The molecule has 4 aromatic carbocycles. The van der Waals surface area contributed by atoms with Crippen molar-refractivity contribution < 1.29 is 29.3 Å². The van der Waals surface area contributed by atoms with Gasteiger partial charge in [-0.3, -0.25) is 0 Å². The van der Waals surface area contributed by atoms with Crippen molar-refractivity contribution in [1.82, 2.24) is 15.0 Å². The molecule has 3 aromatic heterocycles. The number of nitrogens with zero attached hydrogens (tertiary/aromatic N) is 9. The van der Waals surface area contributed by atoms with Crippen LogP contribution in [0.4, 0.5) is 34.4 Å². The van der Waals surface area contributed by atoms with Crippen molar-refractivity contribution in [3.05, 3.63) is 145 Å². The Hall–Kier alpha value is -6.15. The summed E-state index contributed by atoms with van der Waals surface area (Å²) in [5.74, 6) is 1.67. The van der Waals surface area contributed by atoms with Crippen LogP contribution in [0.2, 0.25) is 0 Å². The smallest absolute Gasteiger partial charge is 0.657 e. The van der Waals surface area contributed by atoms with Gasteiger partial charge >= 0.3 is 21.1 Å². The van der Waals surface area contributed by atoms with Crippen LogP contribution in [0.15, 0.2) is 97.3 Å². The summed E-state index contributed by atoms with van der Waals surface area (Å²) in [5, 5.41) is 19.6. The summed E-state index contributed by atoms with van der Waals surface area (Å²) < 4.78 is 49.3. The number of fused-ring (bicyclic) bond motifs is 5. The zero-order chi connectivity index (χ0) is 45.8. The molecule has 10 heteroatoms. The summed E-state index contributed by atoms with van der Waals surface area (Å²) in [4.78, 5) is 19.6. The molecule has 59 heavy (non-hydrogen) atoms. The number of benzene rings is 4. The van der Waals surface area contributed by atoms with Crippen molar-refractivity contribution in [2.75, 3.05) is 33.6 Å². The van der Waals surface area contributed by atoms with Gasteiger partial charge in [0, 0.05) is 32.0 Å². The van der Waals surface area contributed by atoms with E-state index in [4.69, 9.17) is 18.7 Å². The molecule has 0 spiro atoms. The quantitative estimate of drug-likeness (QED) is 0.151. The van der Waals surface area contributed by atoms with Gasteiger partial charge in [0.2, 0.25) is 0 Å². The normalized spacial score (nSPS) is 15.0. The van der Waals surface area contributed by atoms with E-state index in [-0.39, 0.29) is 32.9 Å². The first-order valence-corrected chi connectivity index (χ1v) is 19.2. The van der Waals surface area contributed by atoms with E-state index in [0.717, 1.165) is 32.9 Å². The second-order valence-electron chi connectivity index (χ2n) is 15.4. The Morgan fingerprint density at radius 1 is 0.661 bits per heavy atom. The van der Waals surface area contributed by atoms with Crippen molar-refractivity contribution >= 4 is 56.2 Å². The summed E-state index contributed by atoms with van der Waals surface area (Å²) in [6, 6.07) is 34.0. The predicted octanol–water partition coefficient (Wildman–Crippen LogP) is 11.4. The van der Waals surface area contributed by atoms with E-state index >= 15 is 0 Å². The third-order valence-electron chi connectivity index (χ3n) is 10.5. The number of aromatic nitrogens is 3. The van der Waals surface area contributed by atoms with Gasteiger partial charge in [-0.25, -0.2) is 9.97 Å². The summed E-state index contributed by atoms with van der Waals surface area (Å²) in [6.45, 7) is 11.3. The van der Waals surface area contributed by atoms with Crippen LogP contribution >= 0.6 is 0 Å². The van der Waals surface area contributed by atoms with E-state index in [1.54, 1.807) is 58.6 Å². The second kappa shape index (κ2) is 16.6. The molecule has 0 unspecified atom stereocenters. The first-order chi connectivity index (χ1) is 30.4. The SMILES string of the molecule is N#Cc1ccc2[n-]c3ccc(C#N)cc3c2c1.[2H]C([2H])([2H])N1[CH-]N(c2[c-]c(N3[CH-]N(C([2H])([2H])[2H])c4cccnc43)cc(-c3c(C(C)C)cc(C(C)C)cc3C(C)C)c2)c2ncccc21.[Pt+4]. The Balaban J connectivity index is 0.000000292. The number of hydrogen-bond donors (Lipinski definition) is 0. The van der Waals surface area contributed by atoms with Gasteiger partial charge in [0.25, 0.3) is 0 Å². The van der Waals surface area contributed by atoms with Crippen LogP contribution in [-0.2, 0) is 21.1 Å². The molecule has 0 bridgehead atoms. The largest absolute Gasteiger partial charge is 4.00 e. The minimum Gasteiger partial charge on any atom is -0.657 e. The van der Waals surface area contributed by atoms with E-state index in [0.29, 0.717) is 51.4 Å².